The first kappa shape index (κ1) is 28.7. The molecule has 0 fully saturated rings. The number of rotatable bonds is 9. The molecule has 1 aliphatic rings. The van der Waals surface area contributed by atoms with Crippen molar-refractivity contribution >= 4 is 34.9 Å². The van der Waals surface area contributed by atoms with Crippen LogP contribution in [0.4, 0.5) is 4.79 Å². The van der Waals surface area contributed by atoms with E-state index in [1.165, 1.54) is 0 Å². The van der Waals surface area contributed by atoms with Crippen molar-refractivity contribution in [1.29, 1.82) is 0 Å². The van der Waals surface area contributed by atoms with Crippen LogP contribution in [0.5, 0.6) is 0 Å². The standard InChI is InChI=1S/C30H36N4O6/c1-30(2,3)40-27(36)24(33-29(37)38-19-21-8-5-4-6-9-21)18-23-17-22-16-20(10-12-25(22)39-23)11-13-26(35)34-28-31-14-7-15-32-28/h4-6,8-10,12,16-17,24H,7,11,13-15,18-19H2,1-3H3,(H,33,37)(H2,31,32,34,35). The van der Waals surface area contributed by atoms with Crippen molar-refractivity contribution in [3.63, 3.8) is 0 Å². The predicted octanol–water partition coefficient (Wildman–Crippen LogP) is 4.01. The zero-order valence-corrected chi connectivity index (χ0v) is 23.1. The molecule has 10 nitrogen and oxygen atoms in total. The second kappa shape index (κ2) is 13.1. The van der Waals surface area contributed by atoms with E-state index < -0.39 is 23.7 Å². The quantitative estimate of drug-likeness (QED) is 0.344. The van der Waals surface area contributed by atoms with Gasteiger partial charge >= 0.3 is 12.1 Å². The molecule has 0 saturated heterocycles. The lowest BCUT2D eigenvalue weighted by molar-refractivity contribution is -0.157. The van der Waals surface area contributed by atoms with Crippen molar-refractivity contribution in [3.8, 4) is 0 Å². The summed E-state index contributed by atoms with van der Waals surface area (Å²) in [6.45, 7) is 6.87. The Morgan fingerprint density at radius 1 is 1.07 bits per heavy atom. The van der Waals surface area contributed by atoms with Crippen molar-refractivity contribution in [2.24, 2.45) is 4.99 Å². The molecule has 0 saturated carbocycles. The maximum Gasteiger partial charge on any atom is 0.408 e. The lowest BCUT2D eigenvalue weighted by Gasteiger charge is -2.24. The third kappa shape index (κ3) is 8.86. The fourth-order valence-electron chi connectivity index (χ4n) is 4.15. The molecular weight excluding hydrogens is 512 g/mol. The van der Waals surface area contributed by atoms with Crippen molar-refractivity contribution in [1.82, 2.24) is 16.0 Å². The second-order valence-corrected chi connectivity index (χ2v) is 10.6. The molecular formula is C30H36N4O6. The number of carbonyl (C=O) groups is 3. The molecule has 0 aliphatic carbocycles. The van der Waals surface area contributed by atoms with Gasteiger partial charge in [0.25, 0.3) is 0 Å². The summed E-state index contributed by atoms with van der Waals surface area (Å²) in [6, 6.07) is 15.8. The summed E-state index contributed by atoms with van der Waals surface area (Å²) in [7, 11) is 0. The number of esters is 1. The summed E-state index contributed by atoms with van der Waals surface area (Å²) in [5.41, 5.74) is 1.70. The van der Waals surface area contributed by atoms with Gasteiger partial charge in [-0.1, -0.05) is 36.4 Å². The van der Waals surface area contributed by atoms with E-state index in [-0.39, 0.29) is 18.9 Å². The first-order chi connectivity index (χ1) is 19.1. The van der Waals surface area contributed by atoms with Crippen molar-refractivity contribution < 1.29 is 28.3 Å². The summed E-state index contributed by atoms with van der Waals surface area (Å²) in [5, 5.41) is 9.34. The molecule has 0 bridgehead atoms. The Kier molecular flexibility index (Phi) is 9.42. The number of nitrogens with one attached hydrogen (secondary N) is 3. The first-order valence-corrected chi connectivity index (χ1v) is 13.4. The molecule has 1 unspecified atom stereocenters. The molecule has 1 atom stereocenters. The normalized spacial score (nSPS) is 14.0. The number of guanidine groups is 1. The van der Waals surface area contributed by atoms with Gasteiger partial charge in [-0.2, -0.15) is 0 Å². The van der Waals surface area contributed by atoms with E-state index in [2.05, 4.69) is 20.9 Å². The van der Waals surface area contributed by atoms with Crippen LogP contribution in [0.2, 0.25) is 0 Å². The number of aliphatic imine (C=N–C) groups is 1. The molecule has 3 aromatic rings. The highest BCUT2D eigenvalue weighted by Gasteiger charge is 2.29. The van der Waals surface area contributed by atoms with Gasteiger partial charge in [-0.3, -0.25) is 15.1 Å². The number of benzene rings is 2. The van der Waals surface area contributed by atoms with Crippen LogP contribution in [-0.2, 0) is 38.5 Å². The van der Waals surface area contributed by atoms with E-state index in [1.54, 1.807) is 20.8 Å². The van der Waals surface area contributed by atoms with Gasteiger partial charge < -0.3 is 24.5 Å². The molecule has 2 heterocycles. The molecule has 0 spiro atoms. The van der Waals surface area contributed by atoms with Gasteiger partial charge in [0, 0.05) is 31.3 Å². The maximum atomic E-state index is 12.9. The molecule has 1 aromatic heterocycles. The fourth-order valence-corrected chi connectivity index (χ4v) is 4.15. The molecule has 10 heteroatoms. The van der Waals surface area contributed by atoms with Gasteiger partial charge in [-0.25, -0.2) is 9.59 Å². The minimum absolute atomic E-state index is 0.0732. The van der Waals surface area contributed by atoms with Crippen LogP contribution in [0.3, 0.4) is 0 Å². The van der Waals surface area contributed by atoms with E-state index in [0.717, 1.165) is 29.5 Å². The first-order valence-electron chi connectivity index (χ1n) is 13.4. The Morgan fingerprint density at radius 3 is 2.60 bits per heavy atom. The monoisotopic (exact) mass is 548 g/mol. The zero-order valence-electron chi connectivity index (χ0n) is 23.1. The summed E-state index contributed by atoms with van der Waals surface area (Å²) in [4.78, 5) is 42.1. The van der Waals surface area contributed by atoms with Crippen molar-refractivity contribution in [2.75, 3.05) is 13.1 Å². The van der Waals surface area contributed by atoms with Crippen molar-refractivity contribution in [3.05, 3.63) is 71.5 Å². The third-order valence-corrected chi connectivity index (χ3v) is 6.03. The number of aryl methyl sites for hydroxylation is 1. The Hall–Kier alpha value is -4.34. The average molecular weight is 549 g/mol. The number of amides is 2. The Morgan fingerprint density at radius 2 is 1.88 bits per heavy atom. The van der Waals surface area contributed by atoms with Crippen LogP contribution in [0, 0.1) is 0 Å². The smallest absolute Gasteiger partial charge is 0.408 e. The van der Waals surface area contributed by atoms with Gasteiger partial charge in [0.05, 0.1) is 0 Å². The molecule has 3 N–H and O–H groups in total. The molecule has 2 amide bonds. The highest BCUT2D eigenvalue weighted by Crippen LogP contribution is 2.23. The Bertz CT molecular complexity index is 1360. The SMILES string of the molecule is CC(C)(C)OC(=O)C(Cc1cc2cc(CCC(=O)NC3=NCCCN3)ccc2o1)NC(=O)OCc1ccccc1. The summed E-state index contributed by atoms with van der Waals surface area (Å²) in [5.74, 6) is 0.341. The van der Waals surface area contributed by atoms with E-state index in [0.29, 0.717) is 36.7 Å². The number of carbonyl (C=O) groups excluding carboxylic acids is 3. The van der Waals surface area contributed by atoms with Crippen LogP contribution >= 0.6 is 0 Å². The molecule has 4 rings (SSSR count). The molecule has 2 aromatic carbocycles. The summed E-state index contributed by atoms with van der Waals surface area (Å²) >= 11 is 0. The summed E-state index contributed by atoms with van der Waals surface area (Å²) < 4.78 is 16.8. The average Bonchev–Trinajstić information content (AvgIpc) is 3.32. The molecule has 212 valence electrons. The zero-order chi connectivity index (χ0) is 28.5. The van der Waals surface area contributed by atoms with Gasteiger partial charge in [-0.15, -0.1) is 0 Å². The molecule has 0 radical (unpaired) electrons. The Balaban J connectivity index is 1.39. The maximum absolute atomic E-state index is 12.9. The highest BCUT2D eigenvalue weighted by atomic mass is 16.6. The van der Waals surface area contributed by atoms with E-state index >= 15 is 0 Å². The molecule has 40 heavy (non-hydrogen) atoms. The molecule has 1 aliphatic heterocycles. The minimum atomic E-state index is -1.01. The van der Waals surface area contributed by atoms with Crippen molar-refractivity contribution in [2.45, 2.75) is 64.7 Å². The van der Waals surface area contributed by atoms with Gasteiger partial charge in [-0.05, 0) is 62.9 Å². The topological polar surface area (TPSA) is 131 Å². The van der Waals surface area contributed by atoms with Gasteiger partial charge in [0.1, 0.15) is 29.6 Å². The number of alkyl carbamates (subject to hydrolysis) is 1. The number of hydrogen-bond donors (Lipinski definition) is 3. The number of ether oxygens (including phenoxy) is 2. The fraction of sp³-hybridized carbons (Fsp3) is 0.400. The van der Waals surface area contributed by atoms with E-state index in [1.807, 2.05) is 54.6 Å². The second-order valence-electron chi connectivity index (χ2n) is 10.6. The van der Waals surface area contributed by atoms with E-state index in [4.69, 9.17) is 13.9 Å². The predicted molar refractivity (Wildman–Crippen MR) is 151 cm³/mol. The van der Waals surface area contributed by atoms with Gasteiger partial charge in [0.15, 0.2) is 5.96 Å². The number of furan rings is 1. The number of nitrogens with zero attached hydrogens (tertiary/aromatic N) is 1. The lowest BCUT2D eigenvalue weighted by Crippen LogP contribution is -2.45. The summed E-state index contributed by atoms with van der Waals surface area (Å²) in [6.07, 6.45) is 1.17. The van der Waals surface area contributed by atoms with Gasteiger partial charge in [0.2, 0.25) is 5.91 Å². The number of fused-ring (bicyclic) bond motifs is 1. The third-order valence-electron chi connectivity index (χ3n) is 6.03. The highest BCUT2D eigenvalue weighted by molar-refractivity contribution is 5.97. The number of hydrogen-bond acceptors (Lipinski definition) is 8. The van der Waals surface area contributed by atoms with Crippen LogP contribution in [0.25, 0.3) is 11.0 Å². The lowest BCUT2D eigenvalue weighted by atomic mass is 10.1. The van der Waals surface area contributed by atoms with Crippen LogP contribution in [0.15, 0.2) is 64.0 Å². The Labute approximate surface area is 233 Å². The van der Waals surface area contributed by atoms with E-state index in [9.17, 15) is 14.4 Å². The minimum Gasteiger partial charge on any atom is -0.461 e. The van der Waals surface area contributed by atoms with Crippen LogP contribution in [0.1, 0.15) is 50.5 Å². The van der Waals surface area contributed by atoms with Crippen LogP contribution < -0.4 is 16.0 Å². The largest absolute Gasteiger partial charge is 0.461 e. The van der Waals surface area contributed by atoms with Crippen LogP contribution in [-0.4, -0.2) is 48.7 Å².